The third-order valence-electron chi connectivity index (χ3n) is 6.40. The summed E-state index contributed by atoms with van der Waals surface area (Å²) in [6.07, 6.45) is 0.284. The van der Waals surface area contributed by atoms with Crippen molar-refractivity contribution in [3.05, 3.63) is 83.4 Å². The van der Waals surface area contributed by atoms with Crippen LogP contribution < -0.4 is 10.1 Å². The number of nitrogens with one attached hydrogen (secondary N) is 1. The number of carbonyl (C=O) groups is 1. The normalized spacial score (nSPS) is 17.1. The Morgan fingerprint density at radius 3 is 2.73 bits per heavy atom. The first-order valence-electron chi connectivity index (χ1n) is 12.1. The second kappa shape index (κ2) is 11.5. The maximum Gasteiger partial charge on any atom is 0.573 e. The average molecular weight is 512 g/mol. The van der Waals surface area contributed by atoms with Crippen LogP contribution in [-0.4, -0.2) is 39.8 Å². The summed E-state index contributed by atoms with van der Waals surface area (Å²) in [4.78, 5) is 19.4. The number of likely N-dealkylation sites (tertiary alicyclic amines) is 1. The molecule has 37 heavy (non-hydrogen) atoms. The van der Waals surface area contributed by atoms with Gasteiger partial charge in [-0.25, -0.2) is 4.98 Å². The van der Waals surface area contributed by atoms with Crippen LogP contribution in [0.1, 0.15) is 48.2 Å². The topological polar surface area (TPSA) is 83.2 Å². The number of nitriles is 1. The van der Waals surface area contributed by atoms with E-state index in [4.69, 9.17) is 5.26 Å². The van der Waals surface area contributed by atoms with E-state index < -0.39 is 6.36 Å². The molecule has 4 rings (SSSR count). The Balaban J connectivity index is 1.34. The number of hydrogen-bond donors (Lipinski definition) is 1. The maximum absolute atomic E-state index is 13.1. The highest BCUT2D eigenvalue weighted by atomic mass is 19.4. The van der Waals surface area contributed by atoms with Gasteiger partial charge < -0.3 is 14.6 Å². The van der Waals surface area contributed by atoms with Gasteiger partial charge in [0.25, 0.3) is 0 Å². The van der Waals surface area contributed by atoms with E-state index in [1.807, 2.05) is 23.6 Å². The molecule has 1 N–H and O–H groups in total. The van der Waals surface area contributed by atoms with Crippen molar-refractivity contribution in [2.45, 2.75) is 45.3 Å². The largest absolute Gasteiger partial charge is 0.573 e. The molecule has 3 aromatic rings. The van der Waals surface area contributed by atoms with Gasteiger partial charge in [0.2, 0.25) is 5.91 Å². The molecule has 194 valence electrons. The monoisotopic (exact) mass is 511 g/mol. The molecule has 1 aromatic heterocycles. The van der Waals surface area contributed by atoms with Crippen LogP contribution in [0.3, 0.4) is 0 Å². The number of benzene rings is 2. The number of piperidine rings is 1. The molecule has 1 amide bonds. The Morgan fingerprint density at radius 1 is 1.22 bits per heavy atom. The van der Waals surface area contributed by atoms with E-state index in [1.165, 1.54) is 18.2 Å². The van der Waals surface area contributed by atoms with Crippen LogP contribution in [0.4, 0.5) is 13.2 Å². The molecule has 0 radical (unpaired) electrons. The average Bonchev–Trinajstić information content (AvgIpc) is 3.32. The number of hydrogen-bond acceptors (Lipinski definition) is 5. The summed E-state index contributed by atoms with van der Waals surface area (Å²) in [5.74, 6) is -0.527. The molecule has 1 saturated heterocycles. The number of carbonyl (C=O) groups excluding carboxylic acids is 1. The number of alkyl halides is 3. The van der Waals surface area contributed by atoms with Crippen LogP contribution in [0.25, 0.3) is 0 Å². The third kappa shape index (κ3) is 7.33. The summed E-state index contributed by atoms with van der Waals surface area (Å²) in [6, 6.07) is 15.1. The van der Waals surface area contributed by atoms with Gasteiger partial charge in [0.15, 0.2) is 0 Å². The van der Waals surface area contributed by atoms with Crippen molar-refractivity contribution >= 4 is 5.91 Å². The first-order chi connectivity index (χ1) is 17.7. The van der Waals surface area contributed by atoms with Gasteiger partial charge in [0, 0.05) is 19.6 Å². The second-order valence-corrected chi connectivity index (χ2v) is 9.25. The fourth-order valence-electron chi connectivity index (χ4n) is 4.62. The van der Waals surface area contributed by atoms with E-state index in [1.54, 1.807) is 30.7 Å². The van der Waals surface area contributed by atoms with E-state index in [0.29, 0.717) is 30.8 Å². The van der Waals surface area contributed by atoms with Crippen molar-refractivity contribution in [1.29, 1.82) is 5.26 Å². The van der Waals surface area contributed by atoms with Gasteiger partial charge in [-0.2, -0.15) is 5.26 Å². The molecular weight excluding hydrogens is 483 g/mol. The zero-order chi connectivity index (χ0) is 26.4. The van der Waals surface area contributed by atoms with Crippen LogP contribution in [0, 0.1) is 17.2 Å². The molecule has 2 aromatic carbocycles. The summed E-state index contributed by atoms with van der Waals surface area (Å²) in [6.45, 7) is 4.20. The molecule has 7 nitrogen and oxygen atoms in total. The highest BCUT2D eigenvalue weighted by molar-refractivity contribution is 5.79. The molecule has 2 atom stereocenters. The highest BCUT2D eigenvalue weighted by Gasteiger charge is 2.31. The van der Waals surface area contributed by atoms with Crippen molar-refractivity contribution < 1.29 is 22.7 Å². The fraction of sp³-hybridized carbons (Fsp3) is 0.370. The Labute approximate surface area is 213 Å². The van der Waals surface area contributed by atoms with Gasteiger partial charge in [-0.3, -0.25) is 9.69 Å². The standard InChI is InChI=1S/C27H28F3N5O2/c1-19(25-14-32-18-35(25)16-21-9-7-20(13-31)8-10-21)33-26(36)23-5-3-11-34(17-23)15-22-4-2-6-24(12-22)37-27(28,29)30/h2,4,6-10,12,14,18-19,23H,3,5,11,15-17H2,1H3,(H,33,36)/t19-,23?/m0/s1. The second-order valence-electron chi connectivity index (χ2n) is 9.25. The SMILES string of the molecule is C[C@H](NC(=O)C1CCCN(Cc2cccc(OC(F)(F)F)c2)C1)c1cncn1Cc1ccc(C#N)cc1. The maximum atomic E-state index is 13.1. The molecule has 1 unspecified atom stereocenters. The first kappa shape index (κ1) is 26.2. The number of ether oxygens (including phenoxy) is 1. The minimum Gasteiger partial charge on any atom is -0.406 e. The van der Waals surface area contributed by atoms with Gasteiger partial charge in [0.1, 0.15) is 5.75 Å². The molecule has 0 bridgehead atoms. The lowest BCUT2D eigenvalue weighted by molar-refractivity contribution is -0.274. The fourth-order valence-corrected chi connectivity index (χ4v) is 4.62. The van der Waals surface area contributed by atoms with Crippen molar-refractivity contribution in [2.24, 2.45) is 5.92 Å². The Kier molecular flexibility index (Phi) is 8.14. The molecule has 10 heteroatoms. The van der Waals surface area contributed by atoms with Crippen molar-refractivity contribution in [1.82, 2.24) is 19.8 Å². The zero-order valence-electron chi connectivity index (χ0n) is 20.4. The zero-order valence-corrected chi connectivity index (χ0v) is 20.4. The van der Waals surface area contributed by atoms with E-state index in [2.05, 4.69) is 26.0 Å². The number of halogens is 3. The van der Waals surface area contributed by atoms with E-state index >= 15 is 0 Å². The molecule has 1 fully saturated rings. The number of aromatic nitrogens is 2. The van der Waals surface area contributed by atoms with Crippen molar-refractivity contribution in [3.63, 3.8) is 0 Å². The molecule has 1 aliphatic rings. The molecule has 0 aliphatic carbocycles. The van der Waals surface area contributed by atoms with Gasteiger partial charge >= 0.3 is 6.36 Å². The molecule has 1 aliphatic heterocycles. The Bertz CT molecular complexity index is 1250. The smallest absolute Gasteiger partial charge is 0.406 e. The summed E-state index contributed by atoms with van der Waals surface area (Å²) >= 11 is 0. The van der Waals surface area contributed by atoms with E-state index in [0.717, 1.165) is 30.6 Å². The number of nitrogens with zero attached hydrogens (tertiary/aromatic N) is 4. The number of rotatable bonds is 8. The van der Waals surface area contributed by atoms with Crippen molar-refractivity contribution in [3.8, 4) is 11.8 Å². The lowest BCUT2D eigenvalue weighted by Crippen LogP contribution is -2.43. The quantitative estimate of drug-likeness (QED) is 0.470. The molecule has 0 spiro atoms. The van der Waals surface area contributed by atoms with Crippen LogP contribution in [-0.2, 0) is 17.9 Å². The summed E-state index contributed by atoms with van der Waals surface area (Å²) < 4.78 is 43.6. The number of amides is 1. The summed E-state index contributed by atoms with van der Waals surface area (Å²) in [5, 5.41) is 12.1. The van der Waals surface area contributed by atoms with E-state index in [9.17, 15) is 18.0 Å². The Morgan fingerprint density at radius 2 is 2.00 bits per heavy atom. The first-order valence-corrected chi connectivity index (χ1v) is 12.1. The van der Waals surface area contributed by atoms with Crippen LogP contribution >= 0.6 is 0 Å². The lowest BCUT2D eigenvalue weighted by Gasteiger charge is -2.32. The van der Waals surface area contributed by atoms with Gasteiger partial charge in [-0.15, -0.1) is 13.2 Å². The van der Waals surface area contributed by atoms with Crippen molar-refractivity contribution in [2.75, 3.05) is 13.1 Å². The summed E-state index contributed by atoms with van der Waals surface area (Å²) in [7, 11) is 0. The highest BCUT2D eigenvalue weighted by Crippen LogP contribution is 2.25. The predicted molar refractivity (Wildman–Crippen MR) is 130 cm³/mol. The minimum atomic E-state index is -4.74. The van der Waals surface area contributed by atoms with E-state index in [-0.39, 0.29) is 23.6 Å². The molecule has 2 heterocycles. The van der Waals surface area contributed by atoms with Crippen LogP contribution in [0.15, 0.2) is 61.1 Å². The molecule has 0 saturated carbocycles. The van der Waals surface area contributed by atoms with Gasteiger partial charge in [-0.1, -0.05) is 24.3 Å². The Hall–Kier alpha value is -3.84. The number of imidazole rings is 1. The lowest BCUT2D eigenvalue weighted by atomic mass is 9.96. The third-order valence-corrected chi connectivity index (χ3v) is 6.40. The minimum absolute atomic E-state index is 0.0579. The van der Waals surface area contributed by atoms with Crippen LogP contribution in [0.5, 0.6) is 5.75 Å². The summed E-state index contributed by atoms with van der Waals surface area (Å²) in [5.41, 5.74) is 3.18. The molecular formula is C27H28F3N5O2. The van der Waals surface area contributed by atoms with Gasteiger partial charge in [-0.05, 0) is 61.7 Å². The van der Waals surface area contributed by atoms with Crippen LogP contribution in [0.2, 0.25) is 0 Å². The van der Waals surface area contributed by atoms with Gasteiger partial charge in [0.05, 0.1) is 41.8 Å². The predicted octanol–water partition coefficient (Wildman–Crippen LogP) is 4.79.